The molecule has 2 amide bonds. The highest BCUT2D eigenvalue weighted by molar-refractivity contribution is 5.88. The van der Waals surface area contributed by atoms with Crippen molar-refractivity contribution in [3.05, 3.63) is 0 Å². The molecule has 0 aromatic carbocycles. The first-order valence-corrected chi connectivity index (χ1v) is 7.71. The van der Waals surface area contributed by atoms with Crippen LogP contribution in [0.4, 0.5) is 0 Å². The molecule has 6 heteroatoms. The summed E-state index contributed by atoms with van der Waals surface area (Å²) in [6.45, 7) is 5.79. The summed E-state index contributed by atoms with van der Waals surface area (Å²) in [6.07, 6.45) is 3.69. The fraction of sp³-hybridized carbons (Fsp3) is 0.800. The van der Waals surface area contributed by atoms with Crippen LogP contribution >= 0.6 is 0 Å². The second-order valence-corrected chi connectivity index (χ2v) is 5.77. The standard InChI is InChI=1S/C15H26N2O4/c1-4-7-13(18)17-9-6-5-8-12(17)14(19)16-11(3)10(2)15(20)21/h10-12H,4-9H2,1-3H3,(H,16,19)(H,20,21). The molecule has 1 fully saturated rings. The van der Waals surface area contributed by atoms with Gasteiger partial charge in [0, 0.05) is 19.0 Å². The fourth-order valence-corrected chi connectivity index (χ4v) is 2.52. The Hall–Kier alpha value is -1.59. The minimum absolute atomic E-state index is 0.0105. The largest absolute Gasteiger partial charge is 0.481 e. The molecule has 3 unspecified atom stereocenters. The van der Waals surface area contributed by atoms with Crippen LogP contribution in [0.1, 0.15) is 52.9 Å². The van der Waals surface area contributed by atoms with Gasteiger partial charge in [-0.25, -0.2) is 0 Å². The number of carboxylic acid groups (broad SMARTS) is 1. The molecule has 1 saturated heterocycles. The number of piperidine rings is 1. The van der Waals surface area contributed by atoms with Crippen molar-refractivity contribution in [3.8, 4) is 0 Å². The number of carboxylic acids is 1. The van der Waals surface area contributed by atoms with Crippen LogP contribution in [0, 0.1) is 5.92 Å². The van der Waals surface area contributed by atoms with Crippen LogP contribution < -0.4 is 5.32 Å². The fourth-order valence-electron chi connectivity index (χ4n) is 2.52. The number of carbonyl (C=O) groups is 3. The maximum absolute atomic E-state index is 12.4. The summed E-state index contributed by atoms with van der Waals surface area (Å²) >= 11 is 0. The molecular formula is C15H26N2O4. The lowest BCUT2D eigenvalue weighted by molar-refractivity contribution is -0.145. The number of aliphatic carboxylic acids is 1. The second kappa shape index (κ2) is 8.00. The number of nitrogens with one attached hydrogen (secondary N) is 1. The Morgan fingerprint density at radius 3 is 2.52 bits per heavy atom. The monoisotopic (exact) mass is 298 g/mol. The molecule has 1 rings (SSSR count). The van der Waals surface area contributed by atoms with E-state index in [1.54, 1.807) is 18.7 Å². The predicted molar refractivity (Wildman–Crippen MR) is 78.7 cm³/mol. The third-order valence-electron chi connectivity index (χ3n) is 4.10. The molecule has 0 aromatic heterocycles. The van der Waals surface area contributed by atoms with Gasteiger partial charge < -0.3 is 15.3 Å². The van der Waals surface area contributed by atoms with Crippen LogP contribution in [0.3, 0.4) is 0 Å². The predicted octanol–water partition coefficient (Wildman–Crippen LogP) is 1.39. The number of likely N-dealkylation sites (tertiary alicyclic amines) is 1. The Balaban J connectivity index is 2.69. The zero-order chi connectivity index (χ0) is 16.0. The highest BCUT2D eigenvalue weighted by atomic mass is 16.4. The minimum atomic E-state index is -0.939. The number of rotatable bonds is 6. The summed E-state index contributed by atoms with van der Waals surface area (Å²) < 4.78 is 0. The SMILES string of the molecule is CCCC(=O)N1CCCCC1C(=O)NC(C)C(C)C(=O)O. The smallest absolute Gasteiger partial charge is 0.308 e. The number of hydrogen-bond donors (Lipinski definition) is 2. The summed E-state index contributed by atoms with van der Waals surface area (Å²) in [4.78, 5) is 37.0. The first-order chi connectivity index (χ1) is 9.88. The minimum Gasteiger partial charge on any atom is -0.481 e. The van der Waals surface area contributed by atoms with Gasteiger partial charge in [0.05, 0.1) is 5.92 Å². The Labute approximate surface area is 125 Å². The zero-order valence-electron chi connectivity index (χ0n) is 13.1. The van der Waals surface area contributed by atoms with Gasteiger partial charge in [-0.2, -0.15) is 0 Å². The number of nitrogens with zero attached hydrogens (tertiary/aromatic N) is 1. The molecule has 3 atom stereocenters. The van der Waals surface area contributed by atoms with Gasteiger partial charge in [0.1, 0.15) is 6.04 Å². The molecule has 2 N–H and O–H groups in total. The van der Waals surface area contributed by atoms with Crippen molar-refractivity contribution in [2.75, 3.05) is 6.54 Å². The van der Waals surface area contributed by atoms with Crippen LogP contribution in [-0.2, 0) is 14.4 Å². The van der Waals surface area contributed by atoms with E-state index in [-0.39, 0.29) is 11.8 Å². The van der Waals surface area contributed by atoms with E-state index in [4.69, 9.17) is 5.11 Å². The molecule has 0 spiro atoms. The normalized spacial score (nSPS) is 21.5. The van der Waals surface area contributed by atoms with E-state index in [1.165, 1.54) is 0 Å². The molecular weight excluding hydrogens is 272 g/mol. The Bertz CT molecular complexity index is 397. The van der Waals surface area contributed by atoms with Gasteiger partial charge in [0.25, 0.3) is 0 Å². The highest BCUT2D eigenvalue weighted by Gasteiger charge is 2.33. The van der Waals surface area contributed by atoms with Crippen LogP contribution in [0.25, 0.3) is 0 Å². The molecule has 1 aliphatic rings. The average Bonchev–Trinajstić information content (AvgIpc) is 2.46. The van der Waals surface area contributed by atoms with Gasteiger partial charge >= 0.3 is 5.97 Å². The number of hydrogen-bond acceptors (Lipinski definition) is 3. The molecule has 0 saturated carbocycles. The van der Waals surface area contributed by atoms with Crippen LogP contribution in [-0.4, -0.2) is 46.4 Å². The highest BCUT2D eigenvalue weighted by Crippen LogP contribution is 2.19. The lowest BCUT2D eigenvalue weighted by Crippen LogP contribution is -2.54. The van der Waals surface area contributed by atoms with Gasteiger partial charge in [0.15, 0.2) is 0 Å². The molecule has 0 aliphatic carbocycles. The third-order valence-corrected chi connectivity index (χ3v) is 4.10. The Morgan fingerprint density at radius 2 is 1.95 bits per heavy atom. The van der Waals surface area contributed by atoms with E-state index in [0.717, 1.165) is 19.3 Å². The number of amides is 2. The van der Waals surface area contributed by atoms with Gasteiger partial charge in [0.2, 0.25) is 11.8 Å². The maximum Gasteiger partial charge on any atom is 0.308 e. The summed E-state index contributed by atoms with van der Waals surface area (Å²) in [5, 5.41) is 11.7. The van der Waals surface area contributed by atoms with Crippen molar-refractivity contribution >= 4 is 17.8 Å². The van der Waals surface area contributed by atoms with Crippen molar-refractivity contribution in [1.82, 2.24) is 10.2 Å². The van der Waals surface area contributed by atoms with E-state index in [0.29, 0.717) is 19.4 Å². The first-order valence-electron chi connectivity index (χ1n) is 7.71. The van der Waals surface area contributed by atoms with E-state index in [9.17, 15) is 14.4 Å². The van der Waals surface area contributed by atoms with Crippen LogP contribution in [0.15, 0.2) is 0 Å². The van der Waals surface area contributed by atoms with Crippen molar-refractivity contribution in [1.29, 1.82) is 0 Å². The molecule has 0 bridgehead atoms. The molecule has 0 aromatic rings. The molecule has 1 aliphatic heterocycles. The molecule has 120 valence electrons. The Morgan fingerprint density at radius 1 is 1.29 bits per heavy atom. The number of carbonyl (C=O) groups excluding carboxylic acids is 2. The summed E-state index contributed by atoms with van der Waals surface area (Å²) in [6, 6.07) is -0.915. The van der Waals surface area contributed by atoms with E-state index >= 15 is 0 Å². The second-order valence-electron chi connectivity index (χ2n) is 5.77. The third kappa shape index (κ3) is 4.72. The molecule has 21 heavy (non-hydrogen) atoms. The lowest BCUT2D eigenvalue weighted by atomic mass is 9.98. The summed E-state index contributed by atoms with van der Waals surface area (Å²) in [7, 11) is 0. The van der Waals surface area contributed by atoms with Gasteiger partial charge in [-0.15, -0.1) is 0 Å². The lowest BCUT2D eigenvalue weighted by Gasteiger charge is -2.35. The van der Waals surface area contributed by atoms with Crippen molar-refractivity contribution in [3.63, 3.8) is 0 Å². The van der Waals surface area contributed by atoms with Crippen molar-refractivity contribution in [2.24, 2.45) is 5.92 Å². The van der Waals surface area contributed by atoms with Gasteiger partial charge in [-0.05, 0) is 39.5 Å². The van der Waals surface area contributed by atoms with E-state index in [1.807, 2.05) is 6.92 Å². The van der Waals surface area contributed by atoms with Crippen LogP contribution in [0.5, 0.6) is 0 Å². The molecule has 6 nitrogen and oxygen atoms in total. The average molecular weight is 298 g/mol. The van der Waals surface area contributed by atoms with Crippen LogP contribution in [0.2, 0.25) is 0 Å². The first kappa shape index (κ1) is 17.5. The van der Waals surface area contributed by atoms with Gasteiger partial charge in [-0.3, -0.25) is 14.4 Å². The zero-order valence-corrected chi connectivity index (χ0v) is 13.1. The molecule has 1 heterocycles. The van der Waals surface area contributed by atoms with Crippen molar-refractivity contribution in [2.45, 2.75) is 65.0 Å². The van der Waals surface area contributed by atoms with E-state index in [2.05, 4.69) is 5.32 Å². The topological polar surface area (TPSA) is 86.7 Å². The van der Waals surface area contributed by atoms with E-state index < -0.39 is 24.0 Å². The Kier molecular flexibility index (Phi) is 6.65. The van der Waals surface area contributed by atoms with Gasteiger partial charge in [-0.1, -0.05) is 6.92 Å². The summed E-state index contributed by atoms with van der Waals surface area (Å²) in [5.41, 5.74) is 0. The summed E-state index contributed by atoms with van der Waals surface area (Å²) in [5.74, 6) is -1.82. The molecule has 0 radical (unpaired) electrons. The maximum atomic E-state index is 12.4. The quantitative estimate of drug-likeness (QED) is 0.776. The van der Waals surface area contributed by atoms with Crippen molar-refractivity contribution < 1.29 is 19.5 Å².